The van der Waals surface area contributed by atoms with Crippen LogP contribution in [0.1, 0.15) is 62.6 Å². The standard InChI is InChI=1S/C14H23N3O4S/c1-20-11-5-3-2-4-6-12(11)22(18,19)15-9-13-16-14(17-21-13)10-7-8-10/h10-12,15H,2-9H2,1H3. The summed E-state index contributed by atoms with van der Waals surface area (Å²) in [5.74, 6) is 1.42. The summed E-state index contributed by atoms with van der Waals surface area (Å²) in [5.41, 5.74) is 0. The predicted molar refractivity (Wildman–Crippen MR) is 79.7 cm³/mol. The number of ether oxygens (including phenoxy) is 1. The van der Waals surface area contributed by atoms with E-state index < -0.39 is 15.3 Å². The highest BCUT2D eigenvalue weighted by atomic mass is 32.2. The minimum atomic E-state index is -3.46. The summed E-state index contributed by atoms with van der Waals surface area (Å²) >= 11 is 0. The van der Waals surface area contributed by atoms with E-state index in [1.165, 1.54) is 0 Å². The van der Waals surface area contributed by atoms with Gasteiger partial charge in [0.05, 0.1) is 12.6 Å². The van der Waals surface area contributed by atoms with Crippen LogP contribution < -0.4 is 4.72 Å². The van der Waals surface area contributed by atoms with Crippen LogP contribution >= 0.6 is 0 Å². The van der Waals surface area contributed by atoms with Gasteiger partial charge in [-0.2, -0.15) is 4.98 Å². The lowest BCUT2D eigenvalue weighted by atomic mass is 10.1. The molecule has 1 aromatic heterocycles. The zero-order chi connectivity index (χ0) is 15.6. The molecule has 2 saturated carbocycles. The van der Waals surface area contributed by atoms with Gasteiger partial charge in [0.15, 0.2) is 5.82 Å². The van der Waals surface area contributed by atoms with Gasteiger partial charge in [-0.05, 0) is 25.7 Å². The third kappa shape index (κ3) is 3.67. The molecule has 2 atom stereocenters. The van der Waals surface area contributed by atoms with Gasteiger partial charge in [-0.3, -0.25) is 0 Å². The molecule has 2 unspecified atom stereocenters. The van der Waals surface area contributed by atoms with Crippen LogP contribution in [0, 0.1) is 0 Å². The Labute approximate surface area is 130 Å². The second-order valence-corrected chi connectivity index (χ2v) is 8.12. The van der Waals surface area contributed by atoms with Crippen LogP contribution in [0.5, 0.6) is 0 Å². The van der Waals surface area contributed by atoms with Crippen LogP contribution in [-0.4, -0.2) is 37.0 Å². The zero-order valence-corrected chi connectivity index (χ0v) is 13.6. The van der Waals surface area contributed by atoms with Gasteiger partial charge in [-0.15, -0.1) is 0 Å². The smallest absolute Gasteiger partial charge is 0.241 e. The molecule has 0 spiro atoms. The first-order valence-corrected chi connectivity index (χ1v) is 9.48. The second kappa shape index (κ2) is 6.64. The molecule has 0 aromatic carbocycles. The first-order chi connectivity index (χ1) is 10.6. The number of methoxy groups -OCH3 is 1. The third-order valence-electron chi connectivity index (χ3n) is 4.44. The van der Waals surface area contributed by atoms with E-state index in [2.05, 4.69) is 14.9 Å². The summed E-state index contributed by atoms with van der Waals surface area (Å²) in [5, 5.41) is 3.38. The van der Waals surface area contributed by atoms with Crippen LogP contribution in [0.15, 0.2) is 4.52 Å². The molecule has 0 radical (unpaired) electrons. The summed E-state index contributed by atoms with van der Waals surface area (Å²) in [6.07, 6.45) is 6.32. The van der Waals surface area contributed by atoms with Crippen molar-refractivity contribution in [3.63, 3.8) is 0 Å². The quantitative estimate of drug-likeness (QED) is 0.799. The first kappa shape index (κ1) is 15.9. The first-order valence-electron chi connectivity index (χ1n) is 7.94. The van der Waals surface area contributed by atoms with Crippen LogP contribution in [0.3, 0.4) is 0 Å². The molecular weight excluding hydrogens is 306 g/mol. The molecule has 0 aliphatic heterocycles. The topological polar surface area (TPSA) is 94.3 Å². The summed E-state index contributed by atoms with van der Waals surface area (Å²) in [6, 6.07) is 0. The van der Waals surface area contributed by atoms with Gasteiger partial charge in [0, 0.05) is 13.0 Å². The number of rotatable bonds is 6. The summed E-state index contributed by atoms with van der Waals surface area (Å²) in [6.45, 7) is 0.0506. The lowest BCUT2D eigenvalue weighted by Crippen LogP contribution is -2.41. The van der Waals surface area contributed by atoms with E-state index in [1.807, 2.05) is 0 Å². The Kier molecular flexibility index (Phi) is 4.79. The zero-order valence-electron chi connectivity index (χ0n) is 12.8. The molecule has 2 fully saturated rings. The van der Waals surface area contributed by atoms with E-state index in [-0.39, 0.29) is 12.6 Å². The molecule has 7 nitrogen and oxygen atoms in total. The highest BCUT2D eigenvalue weighted by Crippen LogP contribution is 2.38. The minimum absolute atomic E-state index is 0.0506. The van der Waals surface area contributed by atoms with Gasteiger partial charge in [-0.1, -0.05) is 24.4 Å². The molecule has 0 bridgehead atoms. The fourth-order valence-corrected chi connectivity index (χ4v) is 4.64. The van der Waals surface area contributed by atoms with Crippen molar-refractivity contribution in [3.8, 4) is 0 Å². The molecule has 1 heterocycles. The molecule has 2 aliphatic carbocycles. The Morgan fingerprint density at radius 3 is 2.73 bits per heavy atom. The Morgan fingerprint density at radius 1 is 1.23 bits per heavy atom. The molecule has 8 heteroatoms. The maximum absolute atomic E-state index is 12.6. The van der Waals surface area contributed by atoms with Crippen LogP contribution in [0.25, 0.3) is 0 Å². The van der Waals surface area contributed by atoms with Crippen LogP contribution in [0.4, 0.5) is 0 Å². The number of hydrogen-bond donors (Lipinski definition) is 1. The number of aromatic nitrogens is 2. The minimum Gasteiger partial charge on any atom is -0.380 e. The molecule has 22 heavy (non-hydrogen) atoms. The molecule has 2 aliphatic rings. The van der Waals surface area contributed by atoms with E-state index in [1.54, 1.807) is 7.11 Å². The fourth-order valence-electron chi connectivity index (χ4n) is 2.98. The Morgan fingerprint density at radius 2 is 2.00 bits per heavy atom. The van der Waals surface area contributed by atoms with E-state index >= 15 is 0 Å². The number of nitrogens with zero attached hydrogens (tertiary/aromatic N) is 2. The van der Waals surface area contributed by atoms with Gasteiger partial charge in [0.25, 0.3) is 0 Å². The van der Waals surface area contributed by atoms with Gasteiger partial charge in [0.2, 0.25) is 15.9 Å². The van der Waals surface area contributed by atoms with E-state index in [0.717, 1.165) is 38.5 Å². The van der Waals surface area contributed by atoms with Crippen LogP contribution in [0.2, 0.25) is 0 Å². The molecule has 1 N–H and O–H groups in total. The normalized spacial score (nSPS) is 26.8. The summed E-state index contributed by atoms with van der Waals surface area (Å²) in [4.78, 5) is 4.24. The largest absolute Gasteiger partial charge is 0.380 e. The Hall–Kier alpha value is -0.990. The highest BCUT2D eigenvalue weighted by Gasteiger charge is 2.35. The maximum Gasteiger partial charge on any atom is 0.241 e. The average molecular weight is 329 g/mol. The second-order valence-electron chi connectivity index (χ2n) is 6.14. The van der Waals surface area contributed by atoms with Crippen molar-refractivity contribution in [2.75, 3.05) is 7.11 Å². The van der Waals surface area contributed by atoms with E-state index in [9.17, 15) is 8.42 Å². The number of nitrogens with one attached hydrogen (secondary N) is 1. The number of hydrogen-bond acceptors (Lipinski definition) is 6. The molecule has 0 amide bonds. The van der Waals surface area contributed by atoms with E-state index in [0.29, 0.717) is 24.1 Å². The van der Waals surface area contributed by atoms with Crippen molar-refractivity contribution in [2.45, 2.75) is 68.8 Å². The Balaban J connectivity index is 1.63. The molecule has 0 saturated heterocycles. The lowest BCUT2D eigenvalue weighted by molar-refractivity contribution is 0.0921. The monoisotopic (exact) mass is 329 g/mol. The van der Waals surface area contributed by atoms with Gasteiger partial charge >= 0.3 is 0 Å². The van der Waals surface area contributed by atoms with Crippen molar-refractivity contribution in [3.05, 3.63) is 11.7 Å². The number of sulfonamides is 1. The predicted octanol–water partition coefficient (Wildman–Crippen LogP) is 1.71. The average Bonchev–Trinajstić information content (AvgIpc) is 3.29. The van der Waals surface area contributed by atoms with Crippen molar-refractivity contribution in [2.24, 2.45) is 0 Å². The van der Waals surface area contributed by atoms with Crippen molar-refractivity contribution in [1.29, 1.82) is 0 Å². The lowest BCUT2D eigenvalue weighted by Gasteiger charge is -2.23. The van der Waals surface area contributed by atoms with Crippen LogP contribution in [-0.2, 0) is 21.3 Å². The fraction of sp³-hybridized carbons (Fsp3) is 0.857. The van der Waals surface area contributed by atoms with Crippen molar-refractivity contribution in [1.82, 2.24) is 14.9 Å². The molecule has 3 rings (SSSR count). The van der Waals surface area contributed by atoms with Gasteiger partial charge in [0.1, 0.15) is 5.25 Å². The van der Waals surface area contributed by atoms with Crippen molar-refractivity contribution < 1.29 is 17.7 Å². The third-order valence-corrected chi connectivity index (χ3v) is 6.33. The summed E-state index contributed by atoms with van der Waals surface area (Å²) in [7, 11) is -1.88. The van der Waals surface area contributed by atoms with Gasteiger partial charge in [-0.25, -0.2) is 13.1 Å². The van der Waals surface area contributed by atoms with Gasteiger partial charge < -0.3 is 9.26 Å². The Bertz CT molecular complexity index is 597. The molecule has 1 aromatic rings. The van der Waals surface area contributed by atoms with E-state index in [4.69, 9.17) is 9.26 Å². The molecule has 124 valence electrons. The summed E-state index contributed by atoms with van der Waals surface area (Å²) < 4.78 is 38.2. The maximum atomic E-state index is 12.6. The molecular formula is C14H23N3O4S. The SMILES string of the molecule is COC1CCCCCC1S(=O)(=O)NCc1nc(C2CC2)no1. The highest BCUT2D eigenvalue weighted by molar-refractivity contribution is 7.90. The van der Waals surface area contributed by atoms with Crippen molar-refractivity contribution >= 4 is 10.0 Å².